The molecule has 2 unspecified atom stereocenters. The topological polar surface area (TPSA) is 14.8 Å². The van der Waals surface area contributed by atoms with Crippen LogP contribution in [0.15, 0.2) is 152 Å². The van der Waals surface area contributed by atoms with Crippen molar-refractivity contribution in [2.45, 2.75) is 46.0 Å². The van der Waals surface area contributed by atoms with Gasteiger partial charge in [-0.1, -0.05) is 137 Å². The van der Waals surface area contributed by atoms with Crippen LogP contribution in [0, 0.1) is 11.8 Å². The van der Waals surface area contributed by atoms with E-state index in [0.29, 0.717) is 11.8 Å². The number of hydrogen-bond donors (Lipinski definition) is 0. The molecular weight excluding hydrogens is 655 g/mol. The molecular formula is C51H43N3. The molecule has 3 heteroatoms. The third kappa shape index (κ3) is 4.24. The lowest BCUT2D eigenvalue weighted by Gasteiger charge is -2.25. The molecule has 3 nitrogen and oxygen atoms in total. The van der Waals surface area contributed by atoms with E-state index < -0.39 is 0 Å². The van der Waals surface area contributed by atoms with Gasteiger partial charge >= 0.3 is 0 Å². The largest absolute Gasteiger partial charge is 0.312 e. The van der Waals surface area contributed by atoms with Crippen LogP contribution in [-0.2, 0) is 5.41 Å². The SMILES string of the molecule is CC1CC=C(c2cccc(-n3c4ccccc4c4c3c3ccccc3n4C3=CC=CCC3C)c2)C=C1n1c2c(c3ccccc31)C(C)(C)c1ccccc1-2. The Morgan fingerprint density at radius 1 is 0.593 bits per heavy atom. The van der Waals surface area contributed by atoms with Gasteiger partial charge in [0.25, 0.3) is 0 Å². The highest BCUT2D eigenvalue weighted by atomic mass is 15.1. The fraction of sp³-hybridized carbons (Fsp3) is 0.176. The maximum atomic E-state index is 2.60. The summed E-state index contributed by atoms with van der Waals surface area (Å²) in [6.45, 7) is 9.53. The van der Waals surface area contributed by atoms with Crippen LogP contribution in [0.1, 0.15) is 57.2 Å². The zero-order valence-electron chi connectivity index (χ0n) is 31.3. The molecule has 0 fully saturated rings. The lowest BCUT2D eigenvalue weighted by molar-refractivity contribution is 0.665. The second-order valence-corrected chi connectivity index (χ2v) is 16.2. The molecule has 8 aromatic rings. The molecule has 0 saturated heterocycles. The van der Waals surface area contributed by atoms with Gasteiger partial charge in [-0.05, 0) is 77.6 Å². The number of aromatic nitrogens is 3. The third-order valence-corrected chi connectivity index (χ3v) is 12.7. The average molecular weight is 698 g/mol. The van der Waals surface area contributed by atoms with E-state index in [1.54, 1.807) is 0 Å². The molecule has 0 saturated carbocycles. The zero-order chi connectivity index (χ0) is 36.3. The molecule has 5 aromatic carbocycles. The average Bonchev–Trinajstić information content (AvgIpc) is 3.90. The Kier molecular flexibility index (Phi) is 6.68. The van der Waals surface area contributed by atoms with Crippen LogP contribution in [-0.4, -0.2) is 13.7 Å². The van der Waals surface area contributed by atoms with E-state index in [1.807, 2.05) is 0 Å². The van der Waals surface area contributed by atoms with Gasteiger partial charge < -0.3 is 13.7 Å². The van der Waals surface area contributed by atoms with Crippen molar-refractivity contribution in [2.24, 2.45) is 11.8 Å². The molecule has 3 aromatic heterocycles. The van der Waals surface area contributed by atoms with E-state index in [-0.39, 0.29) is 5.41 Å². The molecule has 3 heterocycles. The van der Waals surface area contributed by atoms with E-state index in [0.717, 1.165) is 12.8 Å². The number of benzene rings is 5. The smallest absolute Gasteiger partial charge is 0.0803 e. The Hall–Kier alpha value is -6.06. The molecule has 0 spiro atoms. The fourth-order valence-electron chi connectivity index (χ4n) is 10.1. The third-order valence-electron chi connectivity index (χ3n) is 12.7. The van der Waals surface area contributed by atoms with Crippen LogP contribution in [0.2, 0.25) is 0 Å². The molecule has 3 aliphatic carbocycles. The number of nitrogens with zero attached hydrogens (tertiary/aromatic N) is 3. The van der Waals surface area contributed by atoms with Crippen molar-refractivity contribution in [1.82, 2.24) is 13.7 Å². The minimum absolute atomic E-state index is 0.0709. The van der Waals surface area contributed by atoms with Crippen LogP contribution in [0.4, 0.5) is 0 Å². The molecule has 11 rings (SSSR count). The molecule has 262 valence electrons. The van der Waals surface area contributed by atoms with Crippen molar-refractivity contribution in [3.05, 3.63) is 168 Å². The van der Waals surface area contributed by atoms with Gasteiger partial charge in [0.05, 0.1) is 33.3 Å². The van der Waals surface area contributed by atoms with Gasteiger partial charge in [-0.15, -0.1) is 0 Å². The minimum Gasteiger partial charge on any atom is -0.312 e. The first-order valence-electron chi connectivity index (χ1n) is 19.6. The maximum absolute atomic E-state index is 2.60. The predicted molar refractivity (Wildman–Crippen MR) is 229 cm³/mol. The molecule has 0 radical (unpaired) electrons. The highest BCUT2D eigenvalue weighted by Gasteiger charge is 2.41. The van der Waals surface area contributed by atoms with Crippen LogP contribution >= 0.6 is 0 Å². The summed E-state index contributed by atoms with van der Waals surface area (Å²) >= 11 is 0. The van der Waals surface area contributed by atoms with Crippen molar-refractivity contribution >= 4 is 60.7 Å². The molecule has 0 amide bonds. The Labute approximate surface area is 316 Å². The van der Waals surface area contributed by atoms with Gasteiger partial charge in [0, 0.05) is 56.1 Å². The number of rotatable bonds is 4. The highest BCUT2D eigenvalue weighted by molar-refractivity contribution is 6.20. The summed E-state index contributed by atoms with van der Waals surface area (Å²) in [5, 5.41) is 3.92. The summed E-state index contributed by atoms with van der Waals surface area (Å²) in [6, 6.07) is 45.2. The van der Waals surface area contributed by atoms with E-state index in [1.165, 1.54) is 94.3 Å². The Morgan fingerprint density at radius 3 is 1.98 bits per heavy atom. The number of fused-ring (bicyclic) bond motifs is 10. The lowest BCUT2D eigenvalue weighted by Crippen LogP contribution is -2.14. The van der Waals surface area contributed by atoms with Crippen LogP contribution in [0.5, 0.6) is 0 Å². The molecule has 0 bridgehead atoms. The van der Waals surface area contributed by atoms with Gasteiger partial charge in [-0.2, -0.15) is 0 Å². The number of allylic oxidation sites excluding steroid dienone is 8. The molecule has 0 N–H and O–H groups in total. The van der Waals surface area contributed by atoms with Crippen LogP contribution in [0.25, 0.3) is 77.7 Å². The summed E-state index contributed by atoms with van der Waals surface area (Å²) in [6.07, 6.45) is 13.8. The van der Waals surface area contributed by atoms with Gasteiger partial charge in [-0.3, -0.25) is 0 Å². The fourth-order valence-corrected chi connectivity index (χ4v) is 10.1. The minimum atomic E-state index is -0.0709. The Bertz CT molecular complexity index is 2990. The zero-order valence-corrected chi connectivity index (χ0v) is 31.3. The standard InChI is InChI=1S/C51H43N3/c1-32-16-5-11-24-42(32)53-45-27-14-9-22-40(45)49-50(53)39-21-8-13-26-44(39)52(49)36-18-15-17-34(30-36)35-29-28-33(2)46(31-35)54-43-25-12-7-20-38(43)47-48(54)37-19-6-10-23-41(37)51(47,3)4/h5-15,17-27,29-33H,16,28H2,1-4H3. The summed E-state index contributed by atoms with van der Waals surface area (Å²) in [5.41, 5.74) is 18.3. The van der Waals surface area contributed by atoms with Crippen molar-refractivity contribution < 1.29 is 0 Å². The van der Waals surface area contributed by atoms with E-state index >= 15 is 0 Å². The summed E-state index contributed by atoms with van der Waals surface area (Å²) in [5.74, 6) is 0.803. The Morgan fingerprint density at radius 2 is 1.22 bits per heavy atom. The van der Waals surface area contributed by atoms with Crippen molar-refractivity contribution in [1.29, 1.82) is 0 Å². The molecule has 3 aliphatic rings. The second-order valence-electron chi connectivity index (χ2n) is 16.2. The maximum Gasteiger partial charge on any atom is 0.0803 e. The van der Waals surface area contributed by atoms with Crippen molar-refractivity contribution in [3.8, 4) is 16.9 Å². The molecule has 2 atom stereocenters. The van der Waals surface area contributed by atoms with E-state index in [4.69, 9.17) is 0 Å². The van der Waals surface area contributed by atoms with Gasteiger partial charge in [0.1, 0.15) is 0 Å². The van der Waals surface area contributed by atoms with E-state index in [9.17, 15) is 0 Å². The highest BCUT2D eigenvalue weighted by Crippen LogP contribution is 2.54. The first kappa shape index (κ1) is 31.5. The lowest BCUT2D eigenvalue weighted by atomic mass is 9.81. The van der Waals surface area contributed by atoms with Gasteiger partial charge in [0.15, 0.2) is 0 Å². The quantitative estimate of drug-likeness (QED) is 0.174. The predicted octanol–water partition coefficient (Wildman–Crippen LogP) is 13.4. The first-order valence-corrected chi connectivity index (χ1v) is 19.6. The van der Waals surface area contributed by atoms with Crippen molar-refractivity contribution in [3.63, 3.8) is 0 Å². The molecule has 54 heavy (non-hydrogen) atoms. The number of para-hydroxylation sites is 3. The second kappa shape index (κ2) is 11.5. The van der Waals surface area contributed by atoms with Gasteiger partial charge in [-0.25, -0.2) is 0 Å². The van der Waals surface area contributed by atoms with Gasteiger partial charge in [0.2, 0.25) is 0 Å². The van der Waals surface area contributed by atoms with E-state index in [2.05, 4.69) is 193 Å². The van der Waals surface area contributed by atoms with Crippen LogP contribution < -0.4 is 0 Å². The summed E-state index contributed by atoms with van der Waals surface area (Å²) in [4.78, 5) is 0. The molecule has 0 aliphatic heterocycles. The first-order chi connectivity index (χ1) is 26.4. The summed E-state index contributed by atoms with van der Waals surface area (Å²) in [7, 11) is 0. The number of hydrogen-bond acceptors (Lipinski definition) is 0. The monoisotopic (exact) mass is 697 g/mol. The summed E-state index contributed by atoms with van der Waals surface area (Å²) < 4.78 is 7.66. The van der Waals surface area contributed by atoms with Crippen molar-refractivity contribution in [2.75, 3.05) is 0 Å². The Balaban J connectivity index is 1.11. The normalized spacial score (nSPS) is 19.0. The van der Waals surface area contributed by atoms with Crippen LogP contribution in [0.3, 0.4) is 0 Å².